The Bertz CT molecular complexity index is 1040. The number of rotatable bonds is 8. The van der Waals surface area contributed by atoms with E-state index in [0.717, 1.165) is 29.7 Å². The van der Waals surface area contributed by atoms with E-state index in [1.165, 1.54) is 0 Å². The molecule has 1 aromatic heterocycles. The van der Waals surface area contributed by atoms with E-state index in [0.29, 0.717) is 31.0 Å². The quantitative estimate of drug-likeness (QED) is 0.507. The van der Waals surface area contributed by atoms with E-state index in [1.54, 1.807) is 18.2 Å². The molecule has 0 aliphatic rings. The summed E-state index contributed by atoms with van der Waals surface area (Å²) in [7, 11) is 1.63. The number of carbonyl (C=O) groups excluding carboxylic acids is 1. The van der Waals surface area contributed by atoms with Crippen LogP contribution in [0.3, 0.4) is 0 Å². The van der Waals surface area contributed by atoms with Gasteiger partial charge in [0.1, 0.15) is 5.75 Å². The monoisotopic (exact) mass is 414 g/mol. The van der Waals surface area contributed by atoms with E-state index in [-0.39, 0.29) is 5.91 Å². The molecule has 6 heteroatoms. The van der Waals surface area contributed by atoms with Gasteiger partial charge in [-0.25, -0.2) is 4.98 Å². The Morgan fingerprint density at radius 1 is 1.10 bits per heavy atom. The van der Waals surface area contributed by atoms with Crippen LogP contribution in [0.15, 0.2) is 60.8 Å². The lowest BCUT2D eigenvalue weighted by Gasteiger charge is -2.20. The molecule has 0 bridgehead atoms. The van der Waals surface area contributed by atoms with Crippen LogP contribution in [0.2, 0.25) is 0 Å². The highest BCUT2D eigenvalue weighted by molar-refractivity contribution is 5.91. The van der Waals surface area contributed by atoms with Crippen molar-refractivity contribution < 1.29 is 9.53 Å². The Labute approximate surface area is 183 Å². The second kappa shape index (κ2) is 11.5. The molecule has 0 fully saturated rings. The van der Waals surface area contributed by atoms with Gasteiger partial charge < -0.3 is 4.74 Å². The van der Waals surface area contributed by atoms with Gasteiger partial charge >= 0.3 is 0 Å². The highest BCUT2D eigenvalue weighted by Gasteiger charge is 2.18. The molecule has 0 radical (unpaired) electrons. The van der Waals surface area contributed by atoms with Crippen molar-refractivity contribution in [2.24, 2.45) is 0 Å². The van der Waals surface area contributed by atoms with Gasteiger partial charge in [0.2, 0.25) is 5.91 Å². The van der Waals surface area contributed by atoms with E-state index in [9.17, 15) is 4.79 Å². The van der Waals surface area contributed by atoms with Crippen LogP contribution in [0.1, 0.15) is 38.2 Å². The number of aromatic nitrogens is 3. The van der Waals surface area contributed by atoms with Crippen molar-refractivity contribution in [1.82, 2.24) is 15.2 Å². The zero-order chi connectivity index (χ0) is 21.9. The topological polar surface area (TPSA) is 68.2 Å². The van der Waals surface area contributed by atoms with Crippen molar-refractivity contribution >= 4 is 11.9 Å². The predicted octanol–water partition coefficient (Wildman–Crippen LogP) is 4.51. The standard InChI is InChI=1S/C25H26N4O2/c1-3-4-18-29(25-27-23(19-26-28-25)21-11-6-5-7-12-21)24(30)13-9-8-10-20-14-16-22(31-2)17-15-20/h5-7,11-12,14-17,19H,3-4,9,13,18H2,1-2H3. The zero-order valence-electron chi connectivity index (χ0n) is 17.9. The van der Waals surface area contributed by atoms with Crippen LogP contribution >= 0.6 is 0 Å². The first kappa shape index (κ1) is 22.0. The van der Waals surface area contributed by atoms with Gasteiger partial charge in [0.25, 0.3) is 5.95 Å². The van der Waals surface area contributed by atoms with Crippen LogP contribution in [0, 0.1) is 11.8 Å². The third-order valence-electron chi connectivity index (χ3n) is 4.68. The zero-order valence-corrected chi connectivity index (χ0v) is 17.9. The number of carbonyl (C=O) groups is 1. The molecule has 0 spiro atoms. The molecule has 1 amide bonds. The van der Waals surface area contributed by atoms with Crippen LogP contribution in [-0.2, 0) is 4.79 Å². The van der Waals surface area contributed by atoms with Gasteiger partial charge in [-0.1, -0.05) is 55.5 Å². The van der Waals surface area contributed by atoms with Gasteiger partial charge in [-0.3, -0.25) is 9.69 Å². The van der Waals surface area contributed by atoms with Crippen molar-refractivity contribution in [3.05, 3.63) is 66.4 Å². The van der Waals surface area contributed by atoms with Gasteiger partial charge in [-0.2, -0.15) is 5.10 Å². The van der Waals surface area contributed by atoms with Crippen LogP contribution in [0.5, 0.6) is 5.75 Å². The summed E-state index contributed by atoms with van der Waals surface area (Å²) in [6.45, 7) is 2.64. The van der Waals surface area contributed by atoms with Gasteiger partial charge in [-0.15, -0.1) is 5.10 Å². The second-order valence-electron chi connectivity index (χ2n) is 6.94. The fourth-order valence-electron chi connectivity index (χ4n) is 2.95. The summed E-state index contributed by atoms with van der Waals surface area (Å²) in [5.41, 5.74) is 2.52. The molecule has 2 aromatic carbocycles. The minimum Gasteiger partial charge on any atom is -0.497 e. The van der Waals surface area contributed by atoms with Crippen LogP contribution in [0.25, 0.3) is 11.3 Å². The number of hydrogen-bond donors (Lipinski definition) is 0. The number of benzene rings is 2. The van der Waals surface area contributed by atoms with Crippen LogP contribution < -0.4 is 9.64 Å². The lowest BCUT2D eigenvalue weighted by molar-refractivity contribution is -0.118. The Morgan fingerprint density at radius 3 is 2.58 bits per heavy atom. The first-order chi connectivity index (χ1) is 15.2. The highest BCUT2D eigenvalue weighted by atomic mass is 16.5. The predicted molar refractivity (Wildman–Crippen MR) is 122 cm³/mol. The van der Waals surface area contributed by atoms with Gasteiger partial charge in [-0.05, 0) is 30.7 Å². The molecule has 1 heterocycles. The molecule has 0 saturated heterocycles. The molecule has 6 nitrogen and oxygen atoms in total. The van der Waals surface area contributed by atoms with E-state index in [4.69, 9.17) is 4.74 Å². The average molecular weight is 415 g/mol. The molecular weight excluding hydrogens is 388 g/mol. The van der Waals surface area contributed by atoms with E-state index in [2.05, 4.69) is 33.9 Å². The molecule has 31 heavy (non-hydrogen) atoms. The minimum absolute atomic E-state index is 0.0514. The van der Waals surface area contributed by atoms with Crippen molar-refractivity contribution in [2.75, 3.05) is 18.6 Å². The maximum Gasteiger partial charge on any atom is 0.252 e. The SMILES string of the molecule is CCCCN(C(=O)CCC#Cc1ccc(OC)cc1)c1nncc(-c2ccccc2)n1. The summed E-state index contributed by atoms with van der Waals surface area (Å²) in [4.78, 5) is 19.1. The fourth-order valence-corrected chi connectivity index (χ4v) is 2.95. The molecule has 0 unspecified atom stereocenters. The van der Waals surface area contributed by atoms with Gasteiger partial charge in [0.15, 0.2) is 0 Å². The Hall–Kier alpha value is -3.72. The summed E-state index contributed by atoms with van der Waals surface area (Å²) >= 11 is 0. The number of methoxy groups -OCH3 is 1. The Morgan fingerprint density at radius 2 is 1.87 bits per heavy atom. The Balaban J connectivity index is 1.69. The van der Waals surface area contributed by atoms with E-state index < -0.39 is 0 Å². The molecule has 0 aliphatic heterocycles. The summed E-state index contributed by atoms with van der Waals surface area (Å²) in [6.07, 6.45) is 4.20. The Kier molecular flexibility index (Phi) is 8.13. The summed E-state index contributed by atoms with van der Waals surface area (Å²) in [5.74, 6) is 7.23. The largest absolute Gasteiger partial charge is 0.497 e. The molecule has 3 aromatic rings. The molecule has 0 aliphatic carbocycles. The molecule has 0 N–H and O–H groups in total. The number of amides is 1. The first-order valence-corrected chi connectivity index (χ1v) is 10.4. The van der Waals surface area contributed by atoms with E-state index in [1.807, 2.05) is 54.6 Å². The fraction of sp³-hybridized carbons (Fsp3) is 0.280. The van der Waals surface area contributed by atoms with Crippen molar-refractivity contribution in [2.45, 2.75) is 32.6 Å². The summed E-state index contributed by atoms with van der Waals surface area (Å²) in [6, 6.07) is 17.3. The number of nitrogens with zero attached hydrogens (tertiary/aromatic N) is 4. The maximum atomic E-state index is 12.9. The first-order valence-electron chi connectivity index (χ1n) is 10.4. The van der Waals surface area contributed by atoms with Crippen molar-refractivity contribution in [3.8, 4) is 28.8 Å². The second-order valence-corrected chi connectivity index (χ2v) is 6.94. The van der Waals surface area contributed by atoms with E-state index >= 15 is 0 Å². The molecule has 3 rings (SSSR count). The lowest BCUT2D eigenvalue weighted by atomic mass is 10.2. The molecule has 158 valence electrons. The third-order valence-corrected chi connectivity index (χ3v) is 4.68. The normalized spacial score (nSPS) is 10.1. The lowest BCUT2D eigenvalue weighted by Crippen LogP contribution is -2.33. The molecule has 0 saturated carbocycles. The number of hydrogen-bond acceptors (Lipinski definition) is 5. The van der Waals surface area contributed by atoms with Crippen molar-refractivity contribution in [1.29, 1.82) is 0 Å². The van der Waals surface area contributed by atoms with Crippen LogP contribution in [0.4, 0.5) is 5.95 Å². The number of unbranched alkanes of at least 4 members (excludes halogenated alkanes) is 1. The summed E-state index contributed by atoms with van der Waals surface area (Å²) in [5, 5.41) is 8.21. The molecular formula is C25H26N4O2. The summed E-state index contributed by atoms with van der Waals surface area (Å²) < 4.78 is 5.15. The van der Waals surface area contributed by atoms with Crippen molar-refractivity contribution in [3.63, 3.8) is 0 Å². The number of ether oxygens (including phenoxy) is 1. The average Bonchev–Trinajstić information content (AvgIpc) is 2.83. The minimum atomic E-state index is -0.0514. The van der Waals surface area contributed by atoms with Gasteiger partial charge in [0, 0.05) is 30.5 Å². The molecule has 0 atom stereocenters. The van der Waals surface area contributed by atoms with Gasteiger partial charge in [0.05, 0.1) is 19.0 Å². The van der Waals surface area contributed by atoms with Crippen LogP contribution in [-0.4, -0.2) is 34.7 Å². The highest BCUT2D eigenvalue weighted by Crippen LogP contribution is 2.18. The maximum absolute atomic E-state index is 12.9. The smallest absolute Gasteiger partial charge is 0.252 e. The number of anilines is 1. The third kappa shape index (κ3) is 6.38.